The third-order valence-corrected chi connectivity index (χ3v) is 14.0. The van der Waals surface area contributed by atoms with Gasteiger partial charge in [0.15, 0.2) is 69.8 Å². The van der Waals surface area contributed by atoms with Crippen LogP contribution in [0, 0.1) is 87.3 Å². The van der Waals surface area contributed by atoms with Crippen molar-refractivity contribution in [1.82, 2.24) is 9.13 Å². The second-order valence-corrected chi connectivity index (χ2v) is 17.8. The fourth-order valence-corrected chi connectivity index (χ4v) is 10.7. The van der Waals surface area contributed by atoms with E-state index in [1.807, 2.05) is 42.5 Å². The quantitative estimate of drug-likeness (QED) is 0.0924. The van der Waals surface area contributed by atoms with Crippen LogP contribution in [0.3, 0.4) is 0 Å². The van der Waals surface area contributed by atoms with Gasteiger partial charge in [-0.25, -0.2) is 65.9 Å². The zero-order chi connectivity index (χ0) is 50.5. The Morgan fingerprint density at radius 3 is 0.931 bits per heavy atom. The molecule has 356 valence electrons. The average molecular weight is 1010 g/mol. The SMILES string of the molecule is Fc1c(F)c(F)c(-c2ccc3c(c2)c2cc(-c4c(F)c(F)c(F)c(F)c4F)ccc2n3-c2ccc3c(c2)c2cc(-c4c(F)c(F)c(F)c(F)c4F)ccc2n3-c2ccc3sc4ccccc4c3c2)c(F)c1F. The van der Waals surface area contributed by atoms with Crippen LogP contribution in [0.1, 0.15) is 0 Å². The Balaban J connectivity index is 1.15. The highest BCUT2D eigenvalue weighted by atomic mass is 32.1. The van der Waals surface area contributed by atoms with Crippen molar-refractivity contribution in [3.8, 4) is 44.8 Å². The summed E-state index contributed by atoms with van der Waals surface area (Å²) in [4.78, 5) is 0. The Bertz CT molecular complexity index is 4200. The van der Waals surface area contributed by atoms with Crippen molar-refractivity contribution in [1.29, 1.82) is 0 Å². The fourth-order valence-electron chi connectivity index (χ4n) is 9.62. The molecule has 0 aliphatic rings. The lowest BCUT2D eigenvalue weighted by Gasteiger charge is -2.12. The van der Waals surface area contributed by atoms with Crippen LogP contribution in [0.25, 0.3) is 109 Å². The summed E-state index contributed by atoms with van der Waals surface area (Å²) in [6.45, 7) is 0. The van der Waals surface area contributed by atoms with Crippen LogP contribution in [0.5, 0.6) is 0 Å². The van der Waals surface area contributed by atoms with Gasteiger partial charge in [0.2, 0.25) is 17.5 Å². The van der Waals surface area contributed by atoms with Gasteiger partial charge in [0.25, 0.3) is 0 Å². The van der Waals surface area contributed by atoms with Gasteiger partial charge in [0, 0.05) is 53.1 Å². The van der Waals surface area contributed by atoms with Gasteiger partial charge >= 0.3 is 0 Å². The van der Waals surface area contributed by atoms with Crippen molar-refractivity contribution in [2.24, 2.45) is 0 Å². The zero-order valence-corrected chi connectivity index (χ0v) is 36.3. The van der Waals surface area contributed by atoms with E-state index < -0.39 is 121 Å². The van der Waals surface area contributed by atoms with E-state index in [1.54, 1.807) is 34.1 Å². The lowest BCUT2D eigenvalue weighted by molar-refractivity contribution is 0.381. The minimum atomic E-state index is -2.43. The van der Waals surface area contributed by atoms with Crippen molar-refractivity contribution in [2.75, 3.05) is 0 Å². The van der Waals surface area contributed by atoms with Crippen LogP contribution < -0.4 is 0 Å². The van der Waals surface area contributed by atoms with Gasteiger partial charge in [-0.2, -0.15) is 0 Å². The van der Waals surface area contributed by atoms with Crippen molar-refractivity contribution in [3.63, 3.8) is 0 Å². The van der Waals surface area contributed by atoms with E-state index in [4.69, 9.17) is 0 Å². The summed E-state index contributed by atoms with van der Waals surface area (Å²) in [5.74, 6) is -33.6. The summed E-state index contributed by atoms with van der Waals surface area (Å²) < 4.78 is 227. The van der Waals surface area contributed by atoms with E-state index in [0.29, 0.717) is 22.1 Å². The van der Waals surface area contributed by atoms with E-state index >= 15 is 26.3 Å². The van der Waals surface area contributed by atoms with E-state index in [0.717, 1.165) is 44.4 Å². The van der Waals surface area contributed by atoms with E-state index in [-0.39, 0.29) is 32.9 Å². The molecule has 3 heterocycles. The predicted octanol–water partition coefficient (Wildman–Crippen LogP) is 17.3. The summed E-state index contributed by atoms with van der Waals surface area (Å²) in [5, 5.41) is 2.14. The first-order valence-electron chi connectivity index (χ1n) is 21.1. The van der Waals surface area contributed by atoms with Gasteiger partial charge < -0.3 is 9.13 Å². The minimum absolute atomic E-state index is 0.0900. The minimum Gasteiger partial charge on any atom is -0.309 e. The molecule has 0 atom stereocenters. The molecule has 0 spiro atoms. The van der Waals surface area contributed by atoms with Gasteiger partial charge in [0.05, 0.1) is 38.8 Å². The molecular formula is C54H19F15N2S. The Hall–Kier alpha value is -8.25. The topological polar surface area (TPSA) is 9.86 Å². The second-order valence-electron chi connectivity index (χ2n) is 16.7. The van der Waals surface area contributed by atoms with Crippen LogP contribution in [0.2, 0.25) is 0 Å². The highest BCUT2D eigenvalue weighted by molar-refractivity contribution is 7.25. The first kappa shape index (κ1) is 44.9. The second kappa shape index (κ2) is 15.9. The molecule has 12 aromatic rings. The third-order valence-electron chi connectivity index (χ3n) is 12.9. The molecule has 0 bridgehead atoms. The van der Waals surface area contributed by atoms with Gasteiger partial charge in [-0.1, -0.05) is 36.4 Å². The molecule has 3 aromatic heterocycles. The first-order chi connectivity index (χ1) is 34.5. The highest BCUT2D eigenvalue weighted by Gasteiger charge is 2.31. The maximum Gasteiger partial charge on any atom is 0.200 e. The van der Waals surface area contributed by atoms with Crippen LogP contribution >= 0.6 is 11.3 Å². The molecule has 0 radical (unpaired) electrons. The lowest BCUT2D eigenvalue weighted by atomic mass is 9.98. The number of fused-ring (bicyclic) bond motifs is 9. The van der Waals surface area contributed by atoms with E-state index in [2.05, 4.69) is 0 Å². The van der Waals surface area contributed by atoms with Crippen LogP contribution in [-0.4, -0.2) is 9.13 Å². The maximum absolute atomic E-state index is 15.4. The Morgan fingerprint density at radius 1 is 0.250 bits per heavy atom. The van der Waals surface area contributed by atoms with Crippen molar-refractivity contribution in [2.45, 2.75) is 0 Å². The average Bonchev–Trinajstić information content (AvgIpc) is 4.04. The molecule has 0 unspecified atom stereocenters. The molecule has 0 aliphatic heterocycles. The van der Waals surface area contributed by atoms with E-state index in [9.17, 15) is 39.5 Å². The lowest BCUT2D eigenvalue weighted by Crippen LogP contribution is -2.04. The number of rotatable bonds is 5. The molecule has 0 fully saturated rings. The van der Waals surface area contributed by atoms with E-state index in [1.165, 1.54) is 34.9 Å². The van der Waals surface area contributed by atoms with Crippen molar-refractivity contribution < 1.29 is 65.9 Å². The molecule has 0 amide bonds. The number of benzene rings is 9. The third kappa shape index (κ3) is 6.20. The summed E-state index contributed by atoms with van der Waals surface area (Å²) in [6.07, 6.45) is 0. The molecule has 0 N–H and O–H groups in total. The maximum atomic E-state index is 15.4. The first-order valence-corrected chi connectivity index (χ1v) is 21.9. The number of hydrogen-bond acceptors (Lipinski definition) is 1. The molecule has 0 saturated carbocycles. The fraction of sp³-hybridized carbons (Fsp3) is 0. The number of nitrogens with zero attached hydrogens (tertiary/aromatic N) is 2. The zero-order valence-electron chi connectivity index (χ0n) is 35.4. The molecule has 18 heteroatoms. The summed E-state index contributed by atoms with van der Waals surface area (Å²) in [7, 11) is 0. The molecule has 12 rings (SSSR count). The molecule has 9 aromatic carbocycles. The van der Waals surface area contributed by atoms with Gasteiger partial charge in [-0.15, -0.1) is 11.3 Å². The summed E-state index contributed by atoms with van der Waals surface area (Å²) in [5.41, 5.74) is -3.69. The largest absolute Gasteiger partial charge is 0.309 e. The molecule has 0 saturated heterocycles. The highest BCUT2D eigenvalue weighted by Crippen LogP contribution is 2.44. The predicted molar refractivity (Wildman–Crippen MR) is 244 cm³/mol. The molecular weight excluding hydrogens is 994 g/mol. The van der Waals surface area contributed by atoms with Gasteiger partial charge in [-0.05, 0) is 95.6 Å². The Kier molecular flexibility index (Phi) is 9.91. The van der Waals surface area contributed by atoms with Crippen LogP contribution in [-0.2, 0) is 0 Å². The van der Waals surface area contributed by atoms with Gasteiger partial charge in [-0.3, -0.25) is 0 Å². The van der Waals surface area contributed by atoms with Gasteiger partial charge in [0.1, 0.15) is 0 Å². The Labute approximate surface area is 396 Å². The normalized spacial score (nSPS) is 12.1. The number of thiophene rings is 1. The Morgan fingerprint density at radius 2 is 0.542 bits per heavy atom. The van der Waals surface area contributed by atoms with Crippen molar-refractivity contribution >= 4 is 75.1 Å². The van der Waals surface area contributed by atoms with Crippen molar-refractivity contribution in [3.05, 3.63) is 203 Å². The molecule has 0 aliphatic carbocycles. The number of hydrogen-bond donors (Lipinski definition) is 0. The van der Waals surface area contributed by atoms with Crippen LogP contribution in [0.4, 0.5) is 65.9 Å². The number of halogens is 15. The molecule has 2 nitrogen and oxygen atoms in total. The smallest absolute Gasteiger partial charge is 0.200 e. The van der Waals surface area contributed by atoms with Crippen LogP contribution in [0.15, 0.2) is 115 Å². The number of aromatic nitrogens is 2. The standard InChI is InChI=1S/C54H19F15N2S/c55-40-37(41(56)47(62)52(67)46(40)61)20-5-10-31-26(15-20)27-16-21(38-42(57)48(63)53(68)49(64)43(38)58)6-11-32(27)70(31)23-8-13-34-29(18-23)28-17-22(39-44(59)50(65)54(69)51(66)45(39)60)7-12-33(28)71(34)24-9-14-36-30(19-24)25-3-1-2-4-35(25)72-36/h1-19H. The molecule has 72 heavy (non-hydrogen) atoms. The summed E-state index contributed by atoms with van der Waals surface area (Å²) in [6, 6.07) is 28.4. The summed E-state index contributed by atoms with van der Waals surface area (Å²) >= 11 is 1.55. The monoisotopic (exact) mass is 1010 g/mol.